The molecule has 5 rings (SSSR count). The molecule has 0 bridgehead atoms. The molecule has 0 radical (unpaired) electrons. The van der Waals surface area contributed by atoms with Gasteiger partial charge in [0, 0.05) is 41.7 Å². The first kappa shape index (κ1) is 21.3. The summed E-state index contributed by atoms with van der Waals surface area (Å²) in [6, 6.07) is 12.6. The minimum Gasteiger partial charge on any atom is -0.487 e. The van der Waals surface area contributed by atoms with Gasteiger partial charge in [-0.3, -0.25) is 0 Å². The minimum absolute atomic E-state index is 0.121. The highest BCUT2D eigenvalue weighted by molar-refractivity contribution is 7.21. The molecule has 0 saturated heterocycles. The van der Waals surface area contributed by atoms with Crippen molar-refractivity contribution in [3.05, 3.63) is 64.5 Å². The van der Waals surface area contributed by atoms with Crippen LogP contribution >= 0.6 is 22.7 Å². The fourth-order valence-electron chi connectivity index (χ4n) is 4.27. The van der Waals surface area contributed by atoms with Crippen molar-refractivity contribution in [1.82, 2.24) is 0 Å². The Morgan fingerprint density at radius 3 is 1.72 bits per heavy atom. The number of halogens is 6. The maximum atomic E-state index is 15.3. The van der Waals surface area contributed by atoms with E-state index in [2.05, 4.69) is 0 Å². The van der Waals surface area contributed by atoms with E-state index in [1.807, 2.05) is 0 Å². The molecule has 0 amide bonds. The predicted octanol–water partition coefficient (Wildman–Crippen LogP) is 8.26. The number of aryl methyl sites for hydroxylation is 1. The molecule has 1 nitrogen and oxygen atoms in total. The summed E-state index contributed by atoms with van der Waals surface area (Å²) in [4.78, 5) is 0.255. The summed E-state index contributed by atoms with van der Waals surface area (Å²) in [6.07, 6.45) is 0. The van der Waals surface area contributed by atoms with E-state index < -0.39 is 34.5 Å². The normalized spacial score (nSPS) is 19.2. The number of rotatable bonds is 3. The largest absolute Gasteiger partial charge is 0.487 e. The van der Waals surface area contributed by atoms with Gasteiger partial charge < -0.3 is 4.74 Å². The van der Waals surface area contributed by atoms with E-state index in [1.54, 1.807) is 30.3 Å². The van der Waals surface area contributed by atoms with Gasteiger partial charge in [-0.05, 0) is 19.1 Å². The zero-order chi connectivity index (χ0) is 23.1. The van der Waals surface area contributed by atoms with E-state index in [1.165, 1.54) is 32.2 Å². The van der Waals surface area contributed by atoms with Crippen LogP contribution in [0, 0.1) is 6.92 Å². The van der Waals surface area contributed by atoms with Gasteiger partial charge in [-0.25, -0.2) is 0 Å². The van der Waals surface area contributed by atoms with Crippen LogP contribution in [0.5, 0.6) is 5.06 Å². The Morgan fingerprint density at radius 2 is 1.16 bits per heavy atom. The van der Waals surface area contributed by atoms with E-state index >= 15 is 17.6 Å². The van der Waals surface area contributed by atoms with E-state index in [-0.39, 0.29) is 26.3 Å². The summed E-state index contributed by atoms with van der Waals surface area (Å²) in [7, 11) is 1.20. The zero-order valence-electron chi connectivity index (χ0n) is 16.6. The van der Waals surface area contributed by atoms with Crippen molar-refractivity contribution in [3.8, 4) is 5.06 Å². The van der Waals surface area contributed by atoms with Crippen molar-refractivity contribution >= 4 is 54.0 Å². The lowest BCUT2D eigenvalue weighted by Gasteiger charge is -2.26. The Kier molecular flexibility index (Phi) is 4.49. The first-order valence-corrected chi connectivity index (χ1v) is 11.1. The topological polar surface area (TPSA) is 9.23 Å². The minimum atomic E-state index is -5.62. The Hall–Kier alpha value is -2.52. The third kappa shape index (κ3) is 2.52. The fraction of sp³-hybridized carbons (Fsp3) is 0.217. The lowest BCUT2D eigenvalue weighted by Crippen LogP contribution is -2.48. The maximum absolute atomic E-state index is 15.3. The van der Waals surface area contributed by atoms with Gasteiger partial charge in [0.15, 0.2) is 5.06 Å². The van der Waals surface area contributed by atoms with Gasteiger partial charge in [-0.2, -0.15) is 26.3 Å². The lowest BCUT2D eigenvalue weighted by molar-refractivity contribution is -0.254. The molecule has 2 heterocycles. The molecular formula is C23H14F6OS2. The molecule has 0 unspecified atom stereocenters. The summed E-state index contributed by atoms with van der Waals surface area (Å²) in [5.74, 6) is -15.8. The number of benzene rings is 2. The van der Waals surface area contributed by atoms with E-state index in [4.69, 9.17) is 4.74 Å². The van der Waals surface area contributed by atoms with Crippen LogP contribution in [-0.2, 0) is 0 Å². The summed E-state index contributed by atoms with van der Waals surface area (Å²) in [5.41, 5.74) is -3.42. The Morgan fingerprint density at radius 1 is 0.688 bits per heavy atom. The van der Waals surface area contributed by atoms with E-state index in [9.17, 15) is 8.78 Å². The highest BCUT2D eigenvalue weighted by Gasteiger charge is 2.80. The van der Waals surface area contributed by atoms with Crippen molar-refractivity contribution in [2.24, 2.45) is 0 Å². The molecule has 2 aromatic carbocycles. The number of methoxy groups -OCH3 is 1. The standard InChI is InChI=1S/C23H14F6OS2/c1-11-16(12-7-3-5-9-14(12)31-11)18-19(22(26,27)23(28,29)21(18,24)25)17-13-8-4-6-10-15(13)32-20(17)30-2/h3-10H,1-2H3. The number of thiophene rings is 2. The lowest BCUT2D eigenvalue weighted by atomic mass is 9.92. The van der Waals surface area contributed by atoms with Gasteiger partial charge in [0.05, 0.1) is 12.7 Å². The number of alkyl halides is 6. The van der Waals surface area contributed by atoms with Gasteiger partial charge in [-0.1, -0.05) is 47.7 Å². The summed E-state index contributed by atoms with van der Waals surface area (Å²) >= 11 is 2.04. The molecule has 0 aliphatic heterocycles. The van der Waals surface area contributed by atoms with E-state index in [0.29, 0.717) is 9.40 Å². The molecule has 166 valence electrons. The van der Waals surface area contributed by atoms with Crippen molar-refractivity contribution in [3.63, 3.8) is 0 Å². The summed E-state index contributed by atoms with van der Waals surface area (Å²) in [5, 5.41) is 0.269. The fourth-order valence-corrected chi connectivity index (χ4v) is 6.37. The summed E-state index contributed by atoms with van der Waals surface area (Å²) in [6.45, 7) is 1.47. The molecular weight excluding hydrogens is 470 g/mol. The van der Waals surface area contributed by atoms with Crippen LogP contribution in [0.4, 0.5) is 26.3 Å². The second-order valence-electron chi connectivity index (χ2n) is 7.47. The van der Waals surface area contributed by atoms with Gasteiger partial charge in [-0.15, -0.1) is 11.3 Å². The molecule has 4 aromatic rings. The molecule has 9 heteroatoms. The molecule has 1 aliphatic rings. The van der Waals surface area contributed by atoms with Crippen LogP contribution in [0.2, 0.25) is 0 Å². The third-order valence-electron chi connectivity index (χ3n) is 5.69. The second-order valence-corrected chi connectivity index (χ2v) is 9.74. The Labute approximate surface area is 186 Å². The van der Waals surface area contributed by atoms with Crippen molar-refractivity contribution < 1.29 is 31.1 Å². The molecule has 0 spiro atoms. The number of hydrogen-bond donors (Lipinski definition) is 0. The zero-order valence-corrected chi connectivity index (χ0v) is 18.2. The SMILES string of the molecule is COc1sc2ccccc2c1C1=C(c2c(C)sc3ccccc23)C(F)(F)C(F)(F)C1(F)F. The Bertz CT molecular complexity index is 1410. The number of allylic oxidation sites excluding steroid dienone is 2. The Balaban J connectivity index is 2.01. The monoisotopic (exact) mass is 484 g/mol. The molecule has 0 atom stereocenters. The van der Waals surface area contributed by atoms with E-state index in [0.717, 1.165) is 22.7 Å². The molecule has 2 aromatic heterocycles. The number of ether oxygens (including phenoxy) is 1. The van der Waals surface area contributed by atoms with Crippen LogP contribution in [0.25, 0.3) is 31.3 Å². The first-order chi connectivity index (χ1) is 15.0. The maximum Gasteiger partial charge on any atom is 0.380 e. The smallest absolute Gasteiger partial charge is 0.380 e. The molecule has 0 N–H and O–H groups in total. The molecule has 0 saturated carbocycles. The van der Waals surface area contributed by atoms with Crippen molar-refractivity contribution in [1.29, 1.82) is 0 Å². The van der Waals surface area contributed by atoms with Gasteiger partial charge in [0.1, 0.15) is 0 Å². The van der Waals surface area contributed by atoms with Gasteiger partial charge in [0.2, 0.25) is 0 Å². The average molecular weight is 484 g/mol. The molecule has 32 heavy (non-hydrogen) atoms. The molecule has 0 fully saturated rings. The summed E-state index contributed by atoms with van der Waals surface area (Å²) < 4.78 is 97.1. The molecule has 1 aliphatic carbocycles. The second kappa shape index (κ2) is 6.74. The highest BCUT2D eigenvalue weighted by Crippen LogP contribution is 2.67. The van der Waals surface area contributed by atoms with Crippen molar-refractivity contribution in [2.75, 3.05) is 7.11 Å². The van der Waals surface area contributed by atoms with Crippen LogP contribution < -0.4 is 4.74 Å². The predicted molar refractivity (Wildman–Crippen MR) is 117 cm³/mol. The van der Waals surface area contributed by atoms with Crippen LogP contribution in [0.1, 0.15) is 16.0 Å². The van der Waals surface area contributed by atoms with Gasteiger partial charge >= 0.3 is 17.8 Å². The van der Waals surface area contributed by atoms with Crippen molar-refractivity contribution in [2.45, 2.75) is 24.7 Å². The highest BCUT2D eigenvalue weighted by atomic mass is 32.1. The van der Waals surface area contributed by atoms with Gasteiger partial charge in [0.25, 0.3) is 0 Å². The third-order valence-corrected chi connectivity index (χ3v) is 7.91. The average Bonchev–Trinajstić information content (AvgIpc) is 3.30. The first-order valence-electron chi connectivity index (χ1n) is 9.47. The van der Waals surface area contributed by atoms with Crippen LogP contribution in [-0.4, -0.2) is 24.9 Å². The van der Waals surface area contributed by atoms with Crippen LogP contribution in [0.3, 0.4) is 0 Å². The number of fused-ring (bicyclic) bond motifs is 2. The quantitative estimate of drug-likeness (QED) is 0.266. The number of hydrogen-bond acceptors (Lipinski definition) is 3. The van der Waals surface area contributed by atoms with Crippen LogP contribution in [0.15, 0.2) is 48.5 Å².